The molecule has 34 heavy (non-hydrogen) atoms. The van der Waals surface area contributed by atoms with Crippen LogP contribution in [-0.2, 0) is 4.79 Å². The van der Waals surface area contributed by atoms with E-state index in [9.17, 15) is 9.90 Å². The van der Waals surface area contributed by atoms with Gasteiger partial charge in [0.15, 0.2) is 0 Å². The standard InChI is InChI=1S/C31H38O3/c1-21(9-7-13-30(33)34)28-16-17-29-24(12-8-18-31(28,29)3)14-15-25-19-26(32)20-27(22(25)2)23-10-5-4-6-11-23/h4-7,10-11,13-16,21,26-27,29,32H,2,8-9,12,17-20H2,1,3H3,(H,33,34)/b13-7+,24-14+,25-15-. The Morgan fingerprint density at radius 3 is 2.76 bits per heavy atom. The van der Waals surface area contributed by atoms with Crippen LogP contribution in [0, 0.1) is 17.3 Å². The molecular formula is C31H38O3. The summed E-state index contributed by atoms with van der Waals surface area (Å²) in [4.78, 5) is 10.8. The number of fused-ring (bicyclic) bond motifs is 1. The third kappa shape index (κ3) is 5.05. The van der Waals surface area contributed by atoms with Gasteiger partial charge in [-0.05, 0) is 78.9 Å². The normalized spacial score (nSPS) is 32.7. The smallest absolute Gasteiger partial charge is 0.327 e. The fourth-order valence-corrected chi connectivity index (χ4v) is 6.63. The molecule has 0 heterocycles. The van der Waals surface area contributed by atoms with E-state index in [0.29, 0.717) is 18.3 Å². The highest BCUT2D eigenvalue weighted by molar-refractivity contribution is 5.79. The molecule has 5 atom stereocenters. The molecule has 2 fully saturated rings. The highest BCUT2D eigenvalue weighted by atomic mass is 16.4. The van der Waals surface area contributed by atoms with Crippen LogP contribution in [-0.4, -0.2) is 22.3 Å². The maximum Gasteiger partial charge on any atom is 0.327 e. The molecule has 180 valence electrons. The number of carboxylic acid groups (broad SMARTS) is 1. The molecule has 0 amide bonds. The average Bonchev–Trinajstić information content (AvgIpc) is 3.17. The van der Waals surface area contributed by atoms with Crippen LogP contribution < -0.4 is 0 Å². The molecule has 5 unspecified atom stereocenters. The summed E-state index contributed by atoms with van der Waals surface area (Å²) in [5.74, 6) is 0.149. The lowest BCUT2D eigenvalue weighted by atomic mass is 9.62. The van der Waals surface area contributed by atoms with Gasteiger partial charge >= 0.3 is 5.97 Å². The van der Waals surface area contributed by atoms with E-state index < -0.39 is 5.97 Å². The van der Waals surface area contributed by atoms with Gasteiger partial charge in [0.1, 0.15) is 0 Å². The molecule has 0 saturated heterocycles. The second-order valence-electron chi connectivity index (χ2n) is 10.6. The largest absolute Gasteiger partial charge is 0.478 e. The number of rotatable bonds is 6. The fourth-order valence-electron chi connectivity index (χ4n) is 6.63. The van der Waals surface area contributed by atoms with Crippen LogP contribution in [0.2, 0.25) is 0 Å². The van der Waals surface area contributed by atoms with E-state index in [-0.39, 0.29) is 17.4 Å². The van der Waals surface area contributed by atoms with Crippen molar-refractivity contribution in [3.8, 4) is 0 Å². The van der Waals surface area contributed by atoms with Crippen LogP contribution in [0.15, 0.2) is 89.6 Å². The van der Waals surface area contributed by atoms with E-state index in [2.05, 4.69) is 62.9 Å². The van der Waals surface area contributed by atoms with Gasteiger partial charge in [-0.1, -0.05) is 86.2 Å². The van der Waals surface area contributed by atoms with Gasteiger partial charge in [-0.15, -0.1) is 0 Å². The van der Waals surface area contributed by atoms with Crippen LogP contribution in [0.25, 0.3) is 0 Å². The van der Waals surface area contributed by atoms with Gasteiger partial charge in [0, 0.05) is 12.0 Å². The number of hydrogen-bond acceptors (Lipinski definition) is 2. The van der Waals surface area contributed by atoms with Crippen molar-refractivity contribution >= 4 is 5.97 Å². The Labute approximate surface area is 204 Å². The maximum absolute atomic E-state index is 10.8. The number of aliphatic hydroxyl groups excluding tert-OH is 1. The average molecular weight is 459 g/mol. The summed E-state index contributed by atoms with van der Waals surface area (Å²) in [6, 6.07) is 10.4. The molecule has 2 saturated carbocycles. The van der Waals surface area contributed by atoms with Crippen molar-refractivity contribution in [1.29, 1.82) is 0 Å². The summed E-state index contributed by atoms with van der Waals surface area (Å²) < 4.78 is 0. The topological polar surface area (TPSA) is 57.5 Å². The van der Waals surface area contributed by atoms with Crippen molar-refractivity contribution in [3.05, 3.63) is 95.1 Å². The molecule has 0 radical (unpaired) electrons. The minimum Gasteiger partial charge on any atom is -0.478 e. The molecule has 3 aliphatic rings. The van der Waals surface area contributed by atoms with Gasteiger partial charge in [-0.2, -0.15) is 0 Å². The third-order valence-corrected chi connectivity index (χ3v) is 8.39. The molecule has 1 aromatic rings. The van der Waals surface area contributed by atoms with E-state index in [1.807, 2.05) is 6.07 Å². The summed E-state index contributed by atoms with van der Waals surface area (Å²) >= 11 is 0. The van der Waals surface area contributed by atoms with E-state index in [1.165, 1.54) is 41.2 Å². The van der Waals surface area contributed by atoms with Crippen LogP contribution in [0.5, 0.6) is 0 Å². The molecular weight excluding hydrogens is 420 g/mol. The number of carboxylic acids is 1. The zero-order chi connectivity index (χ0) is 24.3. The summed E-state index contributed by atoms with van der Waals surface area (Å²) in [7, 11) is 0. The Morgan fingerprint density at radius 2 is 2.03 bits per heavy atom. The molecule has 1 aromatic carbocycles. The van der Waals surface area contributed by atoms with Crippen LogP contribution in [0.3, 0.4) is 0 Å². The number of aliphatic carboxylic acids is 1. The lowest BCUT2D eigenvalue weighted by Crippen LogP contribution is -2.32. The van der Waals surface area contributed by atoms with Gasteiger partial charge in [0.2, 0.25) is 0 Å². The van der Waals surface area contributed by atoms with E-state index >= 15 is 0 Å². The first-order valence-corrected chi connectivity index (χ1v) is 12.7. The van der Waals surface area contributed by atoms with E-state index in [0.717, 1.165) is 31.3 Å². The zero-order valence-corrected chi connectivity index (χ0v) is 20.5. The summed E-state index contributed by atoms with van der Waals surface area (Å²) in [6.07, 6.45) is 16.4. The summed E-state index contributed by atoms with van der Waals surface area (Å²) in [5, 5.41) is 19.5. The van der Waals surface area contributed by atoms with Crippen LogP contribution in [0.1, 0.15) is 70.3 Å². The first-order chi connectivity index (χ1) is 16.3. The van der Waals surface area contributed by atoms with Crippen molar-refractivity contribution in [3.63, 3.8) is 0 Å². The number of carbonyl (C=O) groups is 1. The Bertz CT molecular complexity index is 1040. The highest BCUT2D eigenvalue weighted by Gasteiger charge is 2.45. The summed E-state index contributed by atoms with van der Waals surface area (Å²) in [6.45, 7) is 9.07. The van der Waals surface area contributed by atoms with Crippen molar-refractivity contribution in [2.75, 3.05) is 0 Å². The van der Waals surface area contributed by atoms with Gasteiger partial charge in [0.25, 0.3) is 0 Å². The number of hydrogen-bond donors (Lipinski definition) is 2. The fraction of sp³-hybridized carbons (Fsp3) is 0.452. The van der Waals surface area contributed by atoms with E-state index in [4.69, 9.17) is 5.11 Å². The predicted octanol–water partition coefficient (Wildman–Crippen LogP) is 7.14. The zero-order valence-electron chi connectivity index (χ0n) is 20.5. The third-order valence-electron chi connectivity index (χ3n) is 8.39. The van der Waals surface area contributed by atoms with Gasteiger partial charge < -0.3 is 10.2 Å². The SMILES string of the molecule is C=C1/C(=C\C=C2/CCCC3(C)C(C(C)C/C=C/C(=O)O)=CCC23)CC(O)CC1c1ccccc1. The number of benzene rings is 1. The van der Waals surface area contributed by atoms with Crippen molar-refractivity contribution in [2.24, 2.45) is 17.3 Å². The molecule has 4 rings (SSSR count). The minimum atomic E-state index is -0.878. The molecule has 0 aromatic heterocycles. The van der Waals surface area contributed by atoms with Crippen LogP contribution in [0.4, 0.5) is 0 Å². The quantitative estimate of drug-likeness (QED) is 0.352. The second kappa shape index (κ2) is 10.3. The highest BCUT2D eigenvalue weighted by Crippen LogP contribution is 2.57. The molecule has 0 aliphatic heterocycles. The van der Waals surface area contributed by atoms with Gasteiger partial charge in [0.05, 0.1) is 6.10 Å². The number of aliphatic hydroxyl groups is 1. The lowest BCUT2D eigenvalue weighted by molar-refractivity contribution is -0.131. The Kier molecular flexibility index (Phi) is 7.42. The lowest BCUT2D eigenvalue weighted by Gasteiger charge is -2.42. The Hall–Kier alpha value is -2.65. The monoisotopic (exact) mass is 458 g/mol. The Balaban J connectivity index is 1.52. The minimum absolute atomic E-state index is 0.148. The van der Waals surface area contributed by atoms with Crippen molar-refractivity contribution in [1.82, 2.24) is 0 Å². The van der Waals surface area contributed by atoms with Crippen molar-refractivity contribution < 1.29 is 15.0 Å². The number of allylic oxidation sites excluding steroid dienone is 7. The van der Waals surface area contributed by atoms with Crippen LogP contribution >= 0.6 is 0 Å². The molecule has 3 aliphatic carbocycles. The van der Waals surface area contributed by atoms with E-state index in [1.54, 1.807) is 6.08 Å². The predicted molar refractivity (Wildman–Crippen MR) is 138 cm³/mol. The molecule has 2 N–H and O–H groups in total. The summed E-state index contributed by atoms with van der Waals surface area (Å²) in [5.41, 5.74) is 6.68. The first kappa shape index (κ1) is 24.5. The van der Waals surface area contributed by atoms with Crippen molar-refractivity contribution in [2.45, 2.75) is 70.8 Å². The molecule has 0 spiro atoms. The molecule has 3 heteroatoms. The second-order valence-corrected chi connectivity index (χ2v) is 10.6. The molecule has 0 bridgehead atoms. The molecule has 3 nitrogen and oxygen atoms in total. The Morgan fingerprint density at radius 1 is 1.26 bits per heavy atom. The van der Waals surface area contributed by atoms with Gasteiger partial charge in [-0.25, -0.2) is 4.79 Å². The first-order valence-electron chi connectivity index (χ1n) is 12.7. The van der Waals surface area contributed by atoms with Gasteiger partial charge in [-0.3, -0.25) is 0 Å². The maximum atomic E-state index is 10.8.